The molecule has 0 amide bonds. The van der Waals surface area contributed by atoms with Gasteiger partial charge in [0, 0.05) is 31.0 Å². The lowest BCUT2D eigenvalue weighted by Crippen LogP contribution is -2.40. The predicted octanol–water partition coefficient (Wildman–Crippen LogP) is 4.00. The fourth-order valence-corrected chi connectivity index (χ4v) is 5.23. The van der Waals surface area contributed by atoms with Gasteiger partial charge in [0.05, 0.1) is 28.8 Å². The van der Waals surface area contributed by atoms with Crippen LogP contribution in [0.2, 0.25) is 0 Å². The van der Waals surface area contributed by atoms with Gasteiger partial charge in [0.15, 0.2) is 9.84 Å². The van der Waals surface area contributed by atoms with E-state index in [9.17, 15) is 8.42 Å². The monoisotopic (exact) mass is 496 g/mol. The lowest BCUT2D eigenvalue weighted by molar-refractivity contribution is 0.586. The molecule has 0 spiro atoms. The molecule has 1 saturated heterocycles. The smallest absolute Gasteiger partial charge is 0.153 e. The number of hydrogen-bond acceptors (Lipinski definition) is 8. The van der Waals surface area contributed by atoms with Gasteiger partial charge in [0.2, 0.25) is 0 Å². The molecule has 0 unspecified atom stereocenters. The second-order valence-electron chi connectivity index (χ2n) is 8.61. The zero-order valence-corrected chi connectivity index (χ0v) is 20.4. The van der Waals surface area contributed by atoms with E-state index in [0.29, 0.717) is 36.2 Å². The van der Waals surface area contributed by atoms with Gasteiger partial charge < -0.3 is 10.2 Å². The van der Waals surface area contributed by atoms with Crippen molar-refractivity contribution >= 4 is 39.7 Å². The summed E-state index contributed by atoms with van der Waals surface area (Å²) in [4.78, 5) is 15.8. The molecule has 4 heterocycles. The molecule has 3 aromatic rings. The summed E-state index contributed by atoms with van der Waals surface area (Å²) in [6.07, 6.45) is 5.76. The quantitative estimate of drug-likeness (QED) is 0.564. The first-order valence-corrected chi connectivity index (χ1v) is 12.8. The lowest BCUT2D eigenvalue weighted by Gasteiger charge is -2.28. The molecule has 1 aliphatic heterocycles. The zero-order valence-electron chi connectivity index (χ0n) is 18.7. The highest BCUT2D eigenvalue weighted by molar-refractivity contribution is 7.91. The van der Waals surface area contributed by atoms with Crippen molar-refractivity contribution in [1.29, 1.82) is 5.26 Å². The van der Waals surface area contributed by atoms with Crippen molar-refractivity contribution in [3.63, 3.8) is 0 Å². The number of nitrogens with one attached hydrogen (secondary N) is 1. The van der Waals surface area contributed by atoms with Crippen LogP contribution >= 0.6 is 12.4 Å². The maximum absolute atomic E-state index is 11.7. The minimum Gasteiger partial charge on any atom is -0.355 e. The Labute approximate surface area is 205 Å². The van der Waals surface area contributed by atoms with Crippen molar-refractivity contribution in [2.24, 2.45) is 0 Å². The number of nitrogens with zero attached hydrogens (tertiary/aromatic N) is 5. The average Bonchev–Trinajstić information content (AvgIpc) is 3.64. The van der Waals surface area contributed by atoms with Crippen LogP contribution in [0.15, 0.2) is 42.7 Å². The highest BCUT2D eigenvalue weighted by Gasteiger charge is 2.26. The number of pyridine rings is 3. The zero-order chi connectivity index (χ0) is 23.0. The van der Waals surface area contributed by atoms with Gasteiger partial charge in [-0.25, -0.2) is 23.4 Å². The fraction of sp³-hybridized carbons (Fsp3) is 0.333. The van der Waals surface area contributed by atoms with Crippen LogP contribution in [-0.4, -0.2) is 48.0 Å². The van der Waals surface area contributed by atoms with Crippen LogP contribution in [0.5, 0.6) is 0 Å². The molecule has 34 heavy (non-hydrogen) atoms. The van der Waals surface area contributed by atoms with Crippen molar-refractivity contribution in [3.05, 3.63) is 59.4 Å². The molecule has 1 aliphatic carbocycles. The van der Waals surface area contributed by atoms with E-state index < -0.39 is 9.84 Å². The summed E-state index contributed by atoms with van der Waals surface area (Å²) in [6.45, 7) is 2.95. The van der Waals surface area contributed by atoms with E-state index in [1.807, 2.05) is 30.2 Å². The van der Waals surface area contributed by atoms with Crippen LogP contribution in [0.3, 0.4) is 0 Å². The molecule has 10 heteroatoms. The summed E-state index contributed by atoms with van der Waals surface area (Å²) < 4.78 is 23.5. The molecular formula is C24H25ClN6O2S. The number of aryl methyl sites for hydroxylation is 1. The number of nitriles is 1. The van der Waals surface area contributed by atoms with Crippen molar-refractivity contribution in [2.75, 3.05) is 34.8 Å². The van der Waals surface area contributed by atoms with Gasteiger partial charge in [0.1, 0.15) is 17.5 Å². The van der Waals surface area contributed by atoms with Crippen molar-refractivity contribution < 1.29 is 8.42 Å². The summed E-state index contributed by atoms with van der Waals surface area (Å²) >= 11 is 0. The number of sulfone groups is 1. The first kappa shape index (κ1) is 23.9. The van der Waals surface area contributed by atoms with Gasteiger partial charge >= 0.3 is 0 Å². The Balaban J connectivity index is 0.00000274. The number of anilines is 3. The topological polar surface area (TPSA) is 112 Å². The van der Waals surface area contributed by atoms with Crippen molar-refractivity contribution in [3.8, 4) is 17.3 Å². The van der Waals surface area contributed by atoms with Crippen molar-refractivity contribution in [1.82, 2.24) is 15.0 Å². The lowest BCUT2D eigenvalue weighted by atomic mass is 10.0. The van der Waals surface area contributed by atoms with E-state index in [4.69, 9.17) is 10.2 Å². The fourth-order valence-electron chi connectivity index (χ4n) is 4.03. The van der Waals surface area contributed by atoms with Crippen LogP contribution < -0.4 is 10.2 Å². The Morgan fingerprint density at radius 1 is 1.09 bits per heavy atom. The molecule has 8 nitrogen and oxygen atoms in total. The average molecular weight is 497 g/mol. The Morgan fingerprint density at radius 3 is 2.53 bits per heavy atom. The number of rotatable bonds is 5. The normalized spacial score (nSPS) is 16.9. The Morgan fingerprint density at radius 2 is 1.85 bits per heavy atom. The SMILES string of the molecule is Cc1cc(N2CCS(=O)(=O)CC2)ncc1-c1cc(C2CC2)cc(Nc2cc(C#N)ccn2)n1.Cl. The minimum atomic E-state index is -2.94. The molecule has 3 aromatic heterocycles. The summed E-state index contributed by atoms with van der Waals surface area (Å²) in [5.74, 6) is 2.91. The second kappa shape index (κ2) is 9.57. The van der Waals surface area contributed by atoms with Crippen LogP contribution in [0.25, 0.3) is 11.3 Å². The molecule has 1 N–H and O–H groups in total. The molecule has 5 rings (SSSR count). The molecule has 2 fully saturated rings. The number of aromatic nitrogens is 3. The van der Waals surface area contributed by atoms with E-state index in [1.54, 1.807) is 18.3 Å². The molecule has 0 radical (unpaired) electrons. The van der Waals surface area contributed by atoms with Gasteiger partial charge in [-0.2, -0.15) is 5.26 Å². The molecular weight excluding hydrogens is 472 g/mol. The molecule has 176 valence electrons. The maximum Gasteiger partial charge on any atom is 0.153 e. The molecule has 0 atom stereocenters. The van der Waals surface area contributed by atoms with Gasteiger partial charge in [0.25, 0.3) is 0 Å². The highest BCUT2D eigenvalue weighted by atomic mass is 35.5. The van der Waals surface area contributed by atoms with Gasteiger partial charge in [-0.05, 0) is 67.1 Å². The van der Waals surface area contributed by atoms with E-state index in [-0.39, 0.29) is 23.9 Å². The van der Waals surface area contributed by atoms with E-state index >= 15 is 0 Å². The summed E-state index contributed by atoms with van der Waals surface area (Å²) in [6, 6.07) is 11.7. The summed E-state index contributed by atoms with van der Waals surface area (Å²) in [5, 5.41) is 12.4. The van der Waals surface area contributed by atoms with E-state index in [0.717, 1.165) is 22.6 Å². The number of halogens is 1. The predicted molar refractivity (Wildman–Crippen MR) is 135 cm³/mol. The Hall–Kier alpha value is -3.22. The molecule has 1 saturated carbocycles. The summed E-state index contributed by atoms with van der Waals surface area (Å²) in [5.41, 5.74) is 4.56. The van der Waals surface area contributed by atoms with E-state index in [2.05, 4.69) is 27.4 Å². The van der Waals surface area contributed by atoms with Gasteiger partial charge in [-0.1, -0.05) is 0 Å². The third kappa shape index (κ3) is 5.29. The van der Waals surface area contributed by atoms with Crippen LogP contribution in [-0.2, 0) is 9.84 Å². The first-order valence-electron chi connectivity index (χ1n) is 11.0. The molecule has 0 aromatic carbocycles. The summed E-state index contributed by atoms with van der Waals surface area (Å²) in [7, 11) is -2.94. The standard InChI is InChI=1S/C24H24N6O2S.ClH/c1-16-10-24(30-6-8-33(31,32)9-7-30)27-15-20(16)21-12-19(18-2-3-18)13-23(28-21)29-22-11-17(14-25)4-5-26-22;/h4-5,10-13,15,18H,2-3,6-9H2,1H3,(H,26,28,29);1H. The third-order valence-corrected chi connectivity index (χ3v) is 7.69. The largest absolute Gasteiger partial charge is 0.355 e. The molecule has 2 aliphatic rings. The Bertz CT molecular complexity index is 1350. The molecule has 0 bridgehead atoms. The van der Waals surface area contributed by atoms with Gasteiger partial charge in [-0.15, -0.1) is 12.4 Å². The third-order valence-electron chi connectivity index (χ3n) is 6.08. The van der Waals surface area contributed by atoms with Crippen LogP contribution in [0, 0.1) is 18.3 Å². The number of hydrogen-bond donors (Lipinski definition) is 1. The highest BCUT2D eigenvalue weighted by Crippen LogP contribution is 2.42. The first-order chi connectivity index (χ1) is 15.9. The van der Waals surface area contributed by atoms with Crippen molar-refractivity contribution in [2.45, 2.75) is 25.7 Å². The van der Waals surface area contributed by atoms with Crippen LogP contribution in [0.1, 0.15) is 35.4 Å². The maximum atomic E-state index is 11.7. The van der Waals surface area contributed by atoms with Crippen LogP contribution in [0.4, 0.5) is 17.5 Å². The Kier molecular flexibility index (Phi) is 6.73. The van der Waals surface area contributed by atoms with Gasteiger partial charge in [-0.3, -0.25) is 0 Å². The second-order valence-corrected chi connectivity index (χ2v) is 10.9. The van der Waals surface area contributed by atoms with E-state index in [1.165, 1.54) is 18.4 Å². The minimum absolute atomic E-state index is 0.